The molecule has 0 fully saturated rings. The van der Waals surface area contributed by atoms with E-state index in [1.165, 1.54) is 0 Å². The number of nitrogens with two attached hydrogens (primary N) is 2. The zero-order valence-electron chi connectivity index (χ0n) is 14.7. The monoisotopic (exact) mass is 356 g/mol. The van der Waals surface area contributed by atoms with Crippen molar-refractivity contribution in [3.05, 3.63) is 12.2 Å². The Bertz CT molecular complexity index is 521. The lowest BCUT2D eigenvalue weighted by atomic mass is 9.94. The maximum atomic E-state index is 12.0. The summed E-state index contributed by atoms with van der Waals surface area (Å²) in [6.45, 7) is 6.64. The van der Waals surface area contributed by atoms with E-state index in [1.807, 2.05) is 12.2 Å². The Hall–Kier alpha value is -2.26. The smallest absolute Gasteiger partial charge is 0.322 e. The summed E-state index contributed by atoms with van der Waals surface area (Å²) in [5.74, 6) is -3.15. The summed E-state index contributed by atoms with van der Waals surface area (Å²) in [6, 6.07) is -2.76. The van der Waals surface area contributed by atoms with Crippen LogP contribution in [0.4, 0.5) is 4.79 Å². The number of carbonyl (C=O) groups is 4. The molecular formula is C16H28N4O5. The Morgan fingerprint density at radius 1 is 1.20 bits per heavy atom. The van der Waals surface area contributed by atoms with Crippen LogP contribution in [0.2, 0.25) is 0 Å². The number of rotatable bonds is 11. The number of urea groups is 1. The van der Waals surface area contributed by atoms with Crippen LogP contribution < -0.4 is 22.1 Å². The van der Waals surface area contributed by atoms with Crippen LogP contribution in [0.1, 0.15) is 39.5 Å². The van der Waals surface area contributed by atoms with Crippen LogP contribution in [0.25, 0.3) is 0 Å². The van der Waals surface area contributed by atoms with E-state index in [2.05, 4.69) is 11.9 Å². The van der Waals surface area contributed by atoms with E-state index >= 15 is 0 Å². The van der Waals surface area contributed by atoms with Crippen molar-refractivity contribution in [1.82, 2.24) is 10.6 Å². The van der Waals surface area contributed by atoms with E-state index in [1.54, 1.807) is 6.92 Å². The number of aliphatic hydroxyl groups excluding tert-OH is 1. The molecule has 0 aromatic rings. The molecule has 3 atom stereocenters. The van der Waals surface area contributed by atoms with Crippen molar-refractivity contribution in [3.63, 3.8) is 0 Å². The molecule has 0 spiro atoms. The van der Waals surface area contributed by atoms with Crippen molar-refractivity contribution < 1.29 is 24.3 Å². The molecule has 7 N–H and O–H groups in total. The Morgan fingerprint density at radius 3 is 2.24 bits per heavy atom. The molecule has 0 aliphatic carbocycles. The number of nitrogens with one attached hydrogen (secondary N) is 2. The summed E-state index contributed by atoms with van der Waals surface area (Å²) >= 11 is 0. The lowest BCUT2D eigenvalue weighted by Gasteiger charge is -2.18. The van der Waals surface area contributed by atoms with Gasteiger partial charge >= 0.3 is 6.03 Å². The highest BCUT2D eigenvalue weighted by molar-refractivity contribution is 5.99. The van der Waals surface area contributed by atoms with Gasteiger partial charge in [0.25, 0.3) is 0 Å². The Morgan fingerprint density at radius 2 is 1.80 bits per heavy atom. The van der Waals surface area contributed by atoms with Gasteiger partial charge in [-0.3, -0.25) is 19.7 Å². The zero-order chi connectivity index (χ0) is 19.6. The van der Waals surface area contributed by atoms with Crippen molar-refractivity contribution >= 4 is 23.6 Å². The maximum absolute atomic E-state index is 12.0. The minimum absolute atomic E-state index is 0.326. The third-order valence-electron chi connectivity index (χ3n) is 3.74. The number of amides is 4. The molecule has 0 aliphatic rings. The van der Waals surface area contributed by atoms with Gasteiger partial charge in [-0.1, -0.05) is 32.4 Å². The molecule has 0 aromatic carbocycles. The fraction of sp³-hybridized carbons (Fsp3) is 0.625. The number of hydrogen-bond acceptors (Lipinski definition) is 6. The zero-order valence-corrected chi connectivity index (χ0v) is 14.7. The Kier molecular flexibility index (Phi) is 10.3. The molecule has 0 bridgehead atoms. The van der Waals surface area contributed by atoms with Crippen molar-refractivity contribution in [3.8, 4) is 0 Å². The average Bonchev–Trinajstić information content (AvgIpc) is 2.57. The highest BCUT2D eigenvalue weighted by Gasteiger charge is 2.27. The molecular weight excluding hydrogens is 328 g/mol. The highest BCUT2D eigenvalue weighted by Crippen LogP contribution is 2.10. The fourth-order valence-electron chi connectivity index (χ4n) is 2.04. The summed E-state index contributed by atoms with van der Waals surface area (Å²) in [5, 5.41) is 13.6. The lowest BCUT2D eigenvalue weighted by molar-refractivity contribution is -0.130. The standard InChI is InChI=1S/C16H28N4O5/c1-4-6-11(14(18)23)19-16(25)20-15(24)10(8-21)7-12(22)13(17)9(3)5-2/h10-11,13,21H,3-8,17H2,1-2H3,(H2,18,23)(H2,19,20,24,25)/t10-,11-,13-/m0/s1. The molecule has 0 unspecified atom stereocenters. The van der Waals surface area contributed by atoms with Gasteiger partial charge in [0.15, 0.2) is 5.78 Å². The number of aliphatic hydroxyl groups is 1. The van der Waals surface area contributed by atoms with Gasteiger partial charge in [-0.2, -0.15) is 0 Å². The van der Waals surface area contributed by atoms with E-state index < -0.39 is 48.2 Å². The SMILES string of the molecule is C=C(CC)[C@H](N)C(=O)C[C@@H](CO)C(=O)NC(=O)N[C@@H](CCC)C(N)=O. The second kappa shape index (κ2) is 11.3. The molecule has 4 amide bonds. The van der Waals surface area contributed by atoms with E-state index in [9.17, 15) is 24.3 Å². The van der Waals surface area contributed by atoms with Crippen LogP contribution >= 0.6 is 0 Å². The first-order valence-corrected chi connectivity index (χ1v) is 8.15. The lowest BCUT2D eigenvalue weighted by Crippen LogP contribution is -2.51. The number of carbonyl (C=O) groups excluding carboxylic acids is 4. The number of ketones is 1. The van der Waals surface area contributed by atoms with Gasteiger partial charge in [-0.05, 0) is 12.8 Å². The second-order valence-electron chi connectivity index (χ2n) is 5.75. The molecule has 0 heterocycles. The average molecular weight is 356 g/mol. The minimum atomic E-state index is -1.13. The van der Waals surface area contributed by atoms with E-state index in [-0.39, 0.29) is 6.42 Å². The van der Waals surface area contributed by atoms with Gasteiger partial charge in [0.05, 0.1) is 18.6 Å². The first-order valence-electron chi connectivity index (χ1n) is 8.15. The van der Waals surface area contributed by atoms with E-state index in [4.69, 9.17) is 11.5 Å². The molecule has 25 heavy (non-hydrogen) atoms. The molecule has 0 rings (SSSR count). The van der Waals surface area contributed by atoms with Crippen LogP contribution in [0.5, 0.6) is 0 Å². The van der Waals surface area contributed by atoms with Crippen LogP contribution in [0, 0.1) is 5.92 Å². The summed E-state index contributed by atoms with van der Waals surface area (Å²) in [5.41, 5.74) is 11.4. The Labute approximate surface area is 147 Å². The van der Waals surface area contributed by atoms with Crippen molar-refractivity contribution in [2.75, 3.05) is 6.61 Å². The molecule has 0 aliphatic heterocycles. The Balaban J connectivity index is 4.72. The summed E-state index contributed by atoms with van der Waals surface area (Å²) in [7, 11) is 0. The van der Waals surface area contributed by atoms with Gasteiger partial charge in [-0.15, -0.1) is 0 Å². The van der Waals surface area contributed by atoms with Crippen molar-refractivity contribution in [2.45, 2.75) is 51.6 Å². The quantitative estimate of drug-likeness (QED) is 0.308. The first kappa shape index (κ1) is 22.7. The summed E-state index contributed by atoms with van der Waals surface area (Å²) in [6.07, 6.45) is 1.11. The van der Waals surface area contributed by atoms with Crippen molar-refractivity contribution in [1.29, 1.82) is 0 Å². The molecule has 9 nitrogen and oxygen atoms in total. The predicted molar refractivity (Wildman–Crippen MR) is 92.2 cm³/mol. The van der Waals surface area contributed by atoms with Crippen LogP contribution in [-0.4, -0.2) is 47.4 Å². The van der Waals surface area contributed by atoms with Crippen LogP contribution in [0.3, 0.4) is 0 Å². The third kappa shape index (κ3) is 7.90. The normalized spacial score (nSPS) is 14.1. The molecule has 0 saturated heterocycles. The van der Waals surface area contributed by atoms with Crippen molar-refractivity contribution in [2.24, 2.45) is 17.4 Å². The van der Waals surface area contributed by atoms with Gasteiger partial charge in [0.2, 0.25) is 11.8 Å². The summed E-state index contributed by atoms with van der Waals surface area (Å²) < 4.78 is 0. The molecule has 0 aromatic heterocycles. The first-order chi connectivity index (χ1) is 11.7. The number of hydrogen-bond donors (Lipinski definition) is 5. The fourth-order valence-corrected chi connectivity index (χ4v) is 2.04. The molecule has 0 saturated carbocycles. The van der Waals surface area contributed by atoms with Gasteiger partial charge in [0, 0.05) is 6.42 Å². The van der Waals surface area contributed by atoms with Crippen LogP contribution in [0.15, 0.2) is 12.2 Å². The van der Waals surface area contributed by atoms with Gasteiger partial charge < -0.3 is 21.9 Å². The van der Waals surface area contributed by atoms with Gasteiger partial charge in [-0.25, -0.2) is 4.79 Å². The van der Waals surface area contributed by atoms with E-state index in [0.29, 0.717) is 24.8 Å². The largest absolute Gasteiger partial charge is 0.396 e. The molecule has 142 valence electrons. The third-order valence-corrected chi connectivity index (χ3v) is 3.74. The maximum Gasteiger partial charge on any atom is 0.322 e. The van der Waals surface area contributed by atoms with Crippen LogP contribution in [-0.2, 0) is 14.4 Å². The number of imide groups is 1. The van der Waals surface area contributed by atoms with E-state index in [0.717, 1.165) is 0 Å². The number of Topliss-reactive ketones (excluding diaryl/α,β-unsaturated/α-hetero) is 1. The molecule has 9 heteroatoms. The topological polar surface area (TPSA) is 165 Å². The minimum Gasteiger partial charge on any atom is -0.396 e. The summed E-state index contributed by atoms with van der Waals surface area (Å²) in [4.78, 5) is 47.0. The predicted octanol–water partition coefficient (Wildman–Crippen LogP) is -0.673. The second-order valence-corrected chi connectivity index (χ2v) is 5.75. The van der Waals surface area contributed by atoms with Gasteiger partial charge in [0.1, 0.15) is 6.04 Å². The highest BCUT2D eigenvalue weighted by atomic mass is 16.3. The number of primary amides is 1. The molecule has 0 radical (unpaired) electrons.